The number of aliphatic hydroxyl groups is 7. The van der Waals surface area contributed by atoms with Crippen LogP contribution in [0.2, 0.25) is 0 Å². The third-order valence-electron chi connectivity index (χ3n) is 4.21. The van der Waals surface area contributed by atoms with Gasteiger partial charge in [0.05, 0.1) is 13.2 Å². The van der Waals surface area contributed by atoms with Crippen LogP contribution in [-0.2, 0) is 23.3 Å². The van der Waals surface area contributed by atoms with Gasteiger partial charge in [-0.15, -0.1) is 0 Å². The van der Waals surface area contributed by atoms with E-state index >= 15 is 0 Å². The fraction of sp³-hybridized carbons (Fsp3) is 1.00. The van der Waals surface area contributed by atoms with E-state index in [1.807, 2.05) is 0 Å². The zero-order valence-electron chi connectivity index (χ0n) is 13.7. The summed E-state index contributed by atoms with van der Waals surface area (Å²) < 4.78 is 30.0. The Morgan fingerprint density at radius 3 is 1.96 bits per heavy atom. The number of hydrogen-bond donors (Lipinski definition) is 9. The predicted molar refractivity (Wildman–Crippen MR) is 79.5 cm³/mol. The molecule has 2 aliphatic rings. The summed E-state index contributed by atoms with van der Waals surface area (Å²) in [4.78, 5) is 17.3. The minimum Gasteiger partial charge on any atom is -0.394 e. The van der Waals surface area contributed by atoms with Crippen LogP contribution >= 0.6 is 7.82 Å². The van der Waals surface area contributed by atoms with Gasteiger partial charge in [-0.2, -0.15) is 0 Å². The Balaban J connectivity index is 2.03. The summed E-state index contributed by atoms with van der Waals surface area (Å²) in [5, 5.41) is 68.4. The molecule has 2 saturated heterocycles. The second kappa shape index (κ2) is 9.02. The maximum atomic E-state index is 10.7. The molecule has 0 aliphatic carbocycles. The van der Waals surface area contributed by atoms with Gasteiger partial charge in [-0.3, -0.25) is 4.52 Å². The van der Waals surface area contributed by atoms with Crippen molar-refractivity contribution in [3.8, 4) is 0 Å². The molecule has 160 valence electrons. The molecule has 9 N–H and O–H groups in total. The number of phosphoric ester groups is 1. The molecule has 0 saturated carbocycles. The lowest BCUT2D eigenvalue weighted by atomic mass is 9.97. The molecular weight excluding hydrogens is 399 g/mol. The minimum atomic E-state index is -4.89. The number of ether oxygens (including phenoxy) is 3. The topological polar surface area (TPSA) is 236 Å². The Morgan fingerprint density at radius 2 is 1.41 bits per heavy atom. The molecule has 10 atom stereocenters. The molecule has 2 aliphatic heterocycles. The fourth-order valence-corrected chi connectivity index (χ4v) is 3.05. The first-order chi connectivity index (χ1) is 12.5. The summed E-state index contributed by atoms with van der Waals surface area (Å²) in [7, 11) is -4.89. The van der Waals surface area contributed by atoms with Crippen molar-refractivity contribution in [2.24, 2.45) is 0 Å². The molecule has 2 rings (SSSR count). The lowest BCUT2D eigenvalue weighted by Gasteiger charge is -2.45. The van der Waals surface area contributed by atoms with Gasteiger partial charge in [0.2, 0.25) is 0 Å². The summed E-state index contributed by atoms with van der Waals surface area (Å²) in [6.07, 6.45) is -17.1. The van der Waals surface area contributed by atoms with Crippen LogP contribution in [0.4, 0.5) is 0 Å². The van der Waals surface area contributed by atoms with Gasteiger partial charge in [0.1, 0.15) is 48.8 Å². The molecule has 0 aromatic carbocycles. The van der Waals surface area contributed by atoms with Crippen LogP contribution in [0.25, 0.3) is 0 Å². The Morgan fingerprint density at radius 1 is 0.815 bits per heavy atom. The van der Waals surface area contributed by atoms with Crippen LogP contribution in [0.5, 0.6) is 0 Å². The summed E-state index contributed by atoms with van der Waals surface area (Å²) in [5.41, 5.74) is 0. The number of phosphoric acid groups is 1. The third-order valence-corrected chi connectivity index (χ3v) is 4.69. The van der Waals surface area contributed by atoms with Crippen molar-refractivity contribution in [3.63, 3.8) is 0 Å². The summed E-state index contributed by atoms with van der Waals surface area (Å²) in [5.74, 6) is 0. The van der Waals surface area contributed by atoms with Gasteiger partial charge in [0, 0.05) is 0 Å². The van der Waals surface area contributed by atoms with Crippen molar-refractivity contribution in [1.29, 1.82) is 0 Å². The first-order valence-corrected chi connectivity index (χ1v) is 9.35. The molecule has 15 heteroatoms. The summed E-state index contributed by atoms with van der Waals surface area (Å²) >= 11 is 0. The van der Waals surface area contributed by atoms with Crippen LogP contribution in [0.15, 0.2) is 0 Å². The SMILES string of the molecule is O=P(O)(O)OC[C@H]1O[C@H](O)[C@@H](O[C@@H]2O[C@H](CO)[C@@H](O)[C@H](O)[C@@H]2O)[C@@H](O)[C@@H]1O. The van der Waals surface area contributed by atoms with Crippen LogP contribution in [0, 0.1) is 0 Å². The standard InChI is InChI=1S/C12H23O14P/c13-1-3-5(14)7(16)9(18)12(25-3)26-10-8(17)6(15)4(24-11(10)19)2-23-27(20,21)22/h3-19H,1-2H2,(H2,20,21,22)/t3-,4-,5-,6-,7+,8+,9+,10+,11+,12+/m1/s1. The van der Waals surface area contributed by atoms with Crippen molar-refractivity contribution < 1.29 is 68.8 Å². The monoisotopic (exact) mass is 422 g/mol. The first kappa shape index (κ1) is 23.0. The van der Waals surface area contributed by atoms with Crippen LogP contribution < -0.4 is 0 Å². The highest BCUT2D eigenvalue weighted by Crippen LogP contribution is 2.37. The van der Waals surface area contributed by atoms with E-state index in [9.17, 15) is 35.2 Å². The van der Waals surface area contributed by atoms with Gasteiger partial charge < -0.3 is 59.7 Å². The summed E-state index contributed by atoms with van der Waals surface area (Å²) in [6, 6.07) is 0. The second-order valence-electron chi connectivity index (χ2n) is 6.13. The van der Waals surface area contributed by atoms with E-state index in [0.717, 1.165) is 0 Å². The van der Waals surface area contributed by atoms with Crippen LogP contribution in [0.3, 0.4) is 0 Å². The molecule has 2 fully saturated rings. The molecule has 2 heterocycles. The number of aliphatic hydroxyl groups excluding tert-OH is 7. The van der Waals surface area contributed by atoms with Gasteiger partial charge >= 0.3 is 7.82 Å². The highest BCUT2D eigenvalue weighted by Gasteiger charge is 2.50. The molecule has 0 unspecified atom stereocenters. The van der Waals surface area contributed by atoms with E-state index < -0.39 is 82.4 Å². The Hall–Kier alpha value is -0.290. The molecule has 0 aromatic heterocycles. The smallest absolute Gasteiger partial charge is 0.394 e. The predicted octanol–water partition coefficient (Wildman–Crippen LogP) is -5.28. The van der Waals surface area contributed by atoms with E-state index in [4.69, 9.17) is 29.1 Å². The molecule has 0 spiro atoms. The first-order valence-electron chi connectivity index (χ1n) is 7.82. The zero-order valence-corrected chi connectivity index (χ0v) is 14.6. The van der Waals surface area contributed by atoms with Crippen molar-refractivity contribution >= 4 is 7.82 Å². The largest absolute Gasteiger partial charge is 0.469 e. The maximum Gasteiger partial charge on any atom is 0.469 e. The van der Waals surface area contributed by atoms with E-state index in [-0.39, 0.29) is 0 Å². The van der Waals surface area contributed by atoms with Crippen molar-refractivity contribution in [3.05, 3.63) is 0 Å². The average Bonchev–Trinajstić information content (AvgIpc) is 2.59. The average molecular weight is 422 g/mol. The van der Waals surface area contributed by atoms with Gasteiger partial charge in [0.25, 0.3) is 0 Å². The fourth-order valence-electron chi connectivity index (χ4n) is 2.71. The normalized spacial score (nSPS) is 46.4. The Kier molecular flexibility index (Phi) is 7.68. The number of rotatable bonds is 6. The van der Waals surface area contributed by atoms with E-state index in [1.165, 1.54) is 0 Å². The van der Waals surface area contributed by atoms with Gasteiger partial charge in [-0.25, -0.2) is 4.57 Å². The summed E-state index contributed by atoms with van der Waals surface area (Å²) in [6.45, 7) is -1.59. The highest BCUT2D eigenvalue weighted by atomic mass is 31.2. The van der Waals surface area contributed by atoms with Crippen molar-refractivity contribution in [2.75, 3.05) is 13.2 Å². The minimum absolute atomic E-state index is 0.735. The molecule has 0 aromatic rings. The number of hydrogen-bond acceptors (Lipinski definition) is 12. The Labute approximate surface area is 152 Å². The molecule has 27 heavy (non-hydrogen) atoms. The molecule has 0 amide bonds. The molecule has 0 radical (unpaired) electrons. The quantitative estimate of drug-likeness (QED) is 0.182. The van der Waals surface area contributed by atoms with Crippen molar-refractivity contribution in [1.82, 2.24) is 0 Å². The van der Waals surface area contributed by atoms with E-state index in [1.54, 1.807) is 0 Å². The van der Waals surface area contributed by atoms with Crippen LogP contribution in [-0.4, -0.2) is 120 Å². The van der Waals surface area contributed by atoms with E-state index in [0.29, 0.717) is 0 Å². The Bertz CT molecular complexity index is 526. The molecule has 14 nitrogen and oxygen atoms in total. The second-order valence-corrected chi connectivity index (χ2v) is 7.37. The van der Waals surface area contributed by atoms with Crippen molar-refractivity contribution in [2.45, 2.75) is 61.4 Å². The third kappa shape index (κ3) is 5.41. The molecular formula is C12H23O14P. The van der Waals surface area contributed by atoms with Crippen LogP contribution in [0.1, 0.15) is 0 Å². The molecule has 0 bridgehead atoms. The zero-order chi connectivity index (χ0) is 20.5. The lowest BCUT2D eigenvalue weighted by molar-refractivity contribution is -0.361. The van der Waals surface area contributed by atoms with Gasteiger partial charge in [-0.1, -0.05) is 0 Å². The maximum absolute atomic E-state index is 10.7. The van der Waals surface area contributed by atoms with E-state index in [2.05, 4.69) is 4.52 Å². The highest BCUT2D eigenvalue weighted by molar-refractivity contribution is 7.46. The van der Waals surface area contributed by atoms with Gasteiger partial charge in [0.15, 0.2) is 12.6 Å². The van der Waals surface area contributed by atoms with Gasteiger partial charge in [-0.05, 0) is 0 Å². The lowest BCUT2D eigenvalue weighted by Crippen LogP contribution is -2.64.